The summed E-state index contributed by atoms with van der Waals surface area (Å²) in [6.45, 7) is 4.20. The Bertz CT molecular complexity index is 683. The zero-order chi connectivity index (χ0) is 20.6. The Balaban J connectivity index is 1.31. The van der Waals surface area contributed by atoms with Crippen LogP contribution in [0.2, 0.25) is 5.02 Å². The summed E-state index contributed by atoms with van der Waals surface area (Å²) in [5.74, 6) is 0.0845. The van der Waals surface area contributed by atoms with E-state index in [9.17, 15) is 9.59 Å². The zero-order valence-electron chi connectivity index (χ0n) is 16.8. The fourth-order valence-electron chi connectivity index (χ4n) is 3.70. The molecule has 0 saturated carbocycles. The Morgan fingerprint density at radius 1 is 1.28 bits per heavy atom. The Morgan fingerprint density at radius 2 is 2.07 bits per heavy atom. The highest BCUT2D eigenvalue weighted by molar-refractivity contribution is 6.30. The number of halogens is 1. The quantitative estimate of drug-likeness (QED) is 0.536. The lowest BCUT2D eigenvalue weighted by Crippen LogP contribution is -2.46. The first-order valence-electron chi connectivity index (χ1n) is 10.2. The van der Waals surface area contributed by atoms with E-state index >= 15 is 0 Å². The van der Waals surface area contributed by atoms with Crippen molar-refractivity contribution in [1.29, 1.82) is 0 Å². The van der Waals surface area contributed by atoms with Crippen LogP contribution in [-0.2, 0) is 16.1 Å². The number of hydrogen-bond donors (Lipinski definition) is 4. The first-order chi connectivity index (χ1) is 14.0. The minimum absolute atomic E-state index is 0.0845. The molecule has 2 saturated heterocycles. The molecule has 0 aliphatic carbocycles. The van der Waals surface area contributed by atoms with E-state index in [1.807, 2.05) is 19.1 Å². The molecule has 8 nitrogen and oxygen atoms in total. The molecular weight excluding hydrogens is 394 g/mol. The molecule has 4 N–H and O–H groups in total. The van der Waals surface area contributed by atoms with E-state index in [1.165, 1.54) is 0 Å². The molecule has 1 unspecified atom stereocenters. The molecule has 160 valence electrons. The molecule has 2 aliphatic heterocycles. The molecule has 2 heterocycles. The molecule has 0 bridgehead atoms. The minimum Gasteiger partial charge on any atom is -0.445 e. The maximum atomic E-state index is 12.3. The van der Waals surface area contributed by atoms with Gasteiger partial charge in [0.05, 0.1) is 0 Å². The largest absolute Gasteiger partial charge is 0.445 e. The van der Waals surface area contributed by atoms with Gasteiger partial charge in [-0.2, -0.15) is 5.53 Å². The third-order valence-electron chi connectivity index (χ3n) is 5.25. The normalized spacial score (nSPS) is 19.9. The lowest BCUT2D eigenvalue weighted by Gasteiger charge is -2.31. The summed E-state index contributed by atoms with van der Waals surface area (Å²) in [7, 11) is 0. The fraction of sp³-hybridized carbons (Fsp3) is 0.600. The van der Waals surface area contributed by atoms with Gasteiger partial charge in [-0.3, -0.25) is 4.79 Å². The van der Waals surface area contributed by atoms with Gasteiger partial charge in [-0.1, -0.05) is 17.7 Å². The number of ether oxygens (including phenoxy) is 1. The molecular formula is C20H30ClN5O3. The van der Waals surface area contributed by atoms with Crippen LogP contribution in [0.5, 0.6) is 0 Å². The highest BCUT2D eigenvalue weighted by Crippen LogP contribution is 2.17. The molecule has 1 aromatic carbocycles. The molecule has 1 aromatic rings. The number of amides is 2. The van der Waals surface area contributed by atoms with Gasteiger partial charge in [-0.25, -0.2) is 15.6 Å². The van der Waals surface area contributed by atoms with Crippen LogP contribution in [0.1, 0.15) is 43.2 Å². The average Bonchev–Trinajstić information content (AvgIpc) is 3.19. The Morgan fingerprint density at radius 3 is 2.76 bits per heavy atom. The third kappa shape index (κ3) is 7.15. The number of nitrogens with one attached hydrogen (secondary N) is 4. The van der Waals surface area contributed by atoms with E-state index in [0.29, 0.717) is 30.6 Å². The Hall–Kier alpha value is -1.87. The van der Waals surface area contributed by atoms with Gasteiger partial charge in [-0.05, 0) is 55.9 Å². The van der Waals surface area contributed by atoms with E-state index in [2.05, 4.69) is 21.7 Å². The molecule has 0 radical (unpaired) electrons. The minimum atomic E-state index is -0.321. The summed E-state index contributed by atoms with van der Waals surface area (Å²) >= 11 is 6.04. The monoisotopic (exact) mass is 423 g/mol. The number of carbonyl (C=O) groups is 2. The molecule has 29 heavy (non-hydrogen) atoms. The van der Waals surface area contributed by atoms with Crippen LogP contribution in [0.3, 0.4) is 0 Å². The van der Waals surface area contributed by atoms with Crippen LogP contribution < -0.4 is 21.7 Å². The van der Waals surface area contributed by atoms with Gasteiger partial charge in [-0.15, -0.1) is 0 Å². The topological polar surface area (TPSA) is 94.7 Å². The smallest absolute Gasteiger partial charge is 0.410 e. The number of aryl methyl sites for hydroxylation is 1. The van der Waals surface area contributed by atoms with E-state index in [4.69, 9.17) is 16.3 Å². The lowest BCUT2D eigenvalue weighted by molar-refractivity contribution is -0.122. The number of rotatable bonds is 7. The number of nitrogens with zero attached hydrogens (tertiary/aromatic N) is 1. The molecule has 9 heteroatoms. The van der Waals surface area contributed by atoms with Crippen LogP contribution in [0, 0.1) is 6.92 Å². The van der Waals surface area contributed by atoms with Crippen LogP contribution in [-0.4, -0.2) is 48.6 Å². The van der Waals surface area contributed by atoms with Gasteiger partial charge in [0.1, 0.15) is 6.61 Å². The first kappa shape index (κ1) is 21.8. The second-order valence-corrected chi connectivity index (χ2v) is 8.20. The van der Waals surface area contributed by atoms with Crippen LogP contribution in [0.4, 0.5) is 4.79 Å². The number of benzene rings is 1. The van der Waals surface area contributed by atoms with Crippen molar-refractivity contribution in [2.24, 2.45) is 0 Å². The maximum absolute atomic E-state index is 12.3. The summed E-state index contributed by atoms with van der Waals surface area (Å²) < 4.78 is 5.42. The van der Waals surface area contributed by atoms with E-state index in [0.717, 1.165) is 43.4 Å². The zero-order valence-corrected chi connectivity index (χ0v) is 17.6. The van der Waals surface area contributed by atoms with Crippen molar-refractivity contribution in [3.8, 4) is 0 Å². The Labute approximate surface area is 176 Å². The third-order valence-corrected chi connectivity index (χ3v) is 5.47. The molecule has 2 aliphatic rings. The number of hydrazine groups is 2. The number of hydrogen-bond acceptors (Lipinski definition) is 6. The fourth-order valence-corrected chi connectivity index (χ4v) is 4.01. The molecule has 2 fully saturated rings. The highest BCUT2D eigenvalue weighted by atomic mass is 35.5. The van der Waals surface area contributed by atoms with Crippen molar-refractivity contribution in [1.82, 2.24) is 26.6 Å². The van der Waals surface area contributed by atoms with Gasteiger partial charge in [0, 0.05) is 43.2 Å². The van der Waals surface area contributed by atoms with Crippen molar-refractivity contribution in [3.05, 3.63) is 34.3 Å². The summed E-state index contributed by atoms with van der Waals surface area (Å²) in [6, 6.07) is 6.12. The highest BCUT2D eigenvalue weighted by Gasteiger charge is 2.25. The number of likely N-dealkylation sites (tertiary alicyclic amines) is 1. The van der Waals surface area contributed by atoms with Crippen molar-refractivity contribution in [3.63, 3.8) is 0 Å². The summed E-state index contributed by atoms with van der Waals surface area (Å²) in [5.41, 5.74) is 10.9. The van der Waals surface area contributed by atoms with E-state index in [-0.39, 0.29) is 24.6 Å². The molecule has 1 atom stereocenters. The second kappa shape index (κ2) is 10.8. The van der Waals surface area contributed by atoms with Gasteiger partial charge in [0.2, 0.25) is 5.91 Å². The molecule has 0 aromatic heterocycles. The first-order valence-corrected chi connectivity index (χ1v) is 10.6. The lowest BCUT2D eigenvalue weighted by atomic mass is 10.0. The van der Waals surface area contributed by atoms with Gasteiger partial charge >= 0.3 is 6.09 Å². The second-order valence-electron chi connectivity index (χ2n) is 7.76. The average molecular weight is 424 g/mol. The molecule has 3 rings (SSSR count). The van der Waals surface area contributed by atoms with Gasteiger partial charge < -0.3 is 15.0 Å². The van der Waals surface area contributed by atoms with Crippen molar-refractivity contribution in [2.75, 3.05) is 19.6 Å². The standard InChI is InChI=1S/C20H30ClN5O3/c1-14-9-15(11-16(21)10-14)13-29-20(28)26-7-5-17(6-8-26)23-19(27)4-2-3-18-12-22-25-24-18/h9-11,17-18,22,24-25H,2-8,12-13H2,1H3,(H,23,27). The summed E-state index contributed by atoms with van der Waals surface area (Å²) in [6.07, 6.45) is 3.49. The molecule has 2 amide bonds. The van der Waals surface area contributed by atoms with E-state index < -0.39 is 0 Å². The van der Waals surface area contributed by atoms with Gasteiger partial charge in [0.25, 0.3) is 0 Å². The number of carbonyl (C=O) groups excluding carboxylic acids is 2. The predicted octanol–water partition coefficient (Wildman–Crippen LogP) is 2.02. The van der Waals surface area contributed by atoms with Crippen LogP contribution >= 0.6 is 11.6 Å². The van der Waals surface area contributed by atoms with Gasteiger partial charge in [0.15, 0.2) is 0 Å². The van der Waals surface area contributed by atoms with Crippen molar-refractivity contribution >= 4 is 23.6 Å². The van der Waals surface area contributed by atoms with E-state index in [1.54, 1.807) is 11.0 Å². The summed E-state index contributed by atoms with van der Waals surface area (Å²) in [4.78, 5) is 26.1. The number of piperidine rings is 1. The van der Waals surface area contributed by atoms with Crippen molar-refractivity contribution < 1.29 is 14.3 Å². The SMILES string of the molecule is Cc1cc(Cl)cc(COC(=O)N2CCC(NC(=O)CCCC3CNNN3)CC2)c1. The predicted molar refractivity (Wildman–Crippen MR) is 111 cm³/mol. The Kier molecular flexibility index (Phi) is 8.11. The summed E-state index contributed by atoms with van der Waals surface area (Å²) in [5, 5.41) is 3.73. The van der Waals surface area contributed by atoms with Crippen LogP contribution in [0.25, 0.3) is 0 Å². The van der Waals surface area contributed by atoms with Crippen LogP contribution in [0.15, 0.2) is 18.2 Å². The van der Waals surface area contributed by atoms with Crippen molar-refractivity contribution in [2.45, 2.75) is 57.7 Å². The maximum Gasteiger partial charge on any atom is 0.410 e. The molecule has 0 spiro atoms.